The van der Waals surface area contributed by atoms with Crippen LogP contribution in [-0.4, -0.2) is 36.5 Å². The fraction of sp³-hybridized carbons (Fsp3) is 0.562. The highest BCUT2D eigenvalue weighted by Gasteiger charge is 2.35. The largest absolute Gasteiger partial charge is 0.416 e. The summed E-state index contributed by atoms with van der Waals surface area (Å²) in [6.45, 7) is 4.55. The average Bonchev–Trinajstić information content (AvgIpc) is 2.47. The number of aryl methyl sites for hydroxylation is 1. The number of halogens is 3. The van der Waals surface area contributed by atoms with E-state index in [0.717, 1.165) is 44.6 Å². The lowest BCUT2D eigenvalue weighted by Crippen LogP contribution is -2.57. The molecule has 1 atom stereocenters. The number of carbonyl (C=O) groups is 1. The lowest BCUT2D eigenvalue weighted by molar-refractivity contribution is -0.137. The molecule has 2 bridgehead atoms. The van der Waals surface area contributed by atoms with Crippen molar-refractivity contribution in [3.8, 4) is 0 Å². The van der Waals surface area contributed by atoms with Crippen molar-refractivity contribution in [3.63, 3.8) is 0 Å². The summed E-state index contributed by atoms with van der Waals surface area (Å²) in [5.74, 6) is 0.216. The molecular formula is C16H19F3N2O. The van der Waals surface area contributed by atoms with Gasteiger partial charge in [-0.25, -0.2) is 0 Å². The maximum atomic E-state index is 12.7. The van der Waals surface area contributed by atoms with E-state index in [4.69, 9.17) is 0 Å². The third-order valence-electron chi connectivity index (χ3n) is 4.77. The predicted octanol–water partition coefficient (Wildman–Crippen LogP) is 2.84. The van der Waals surface area contributed by atoms with Crippen molar-refractivity contribution in [3.05, 3.63) is 34.9 Å². The van der Waals surface area contributed by atoms with Crippen LogP contribution in [0.5, 0.6) is 0 Å². The number of alkyl halides is 3. The highest BCUT2D eigenvalue weighted by Crippen LogP contribution is 2.31. The Morgan fingerprint density at radius 1 is 1.27 bits per heavy atom. The molecule has 1 aromatic rings. The van der Waals surface area contributed by atoms with Crippen molar-refractivity contribution in [1.29, 1.82) is 0 Å². The molecular weight excluding hydrogens is 293 g/mol. The van der Waals surface area contributed by atoms with Crippen molar-refractivity contribution in [1.82, 2.24) is 10.2 Å². The van der Waals surface area contributed by atoms with Gasteiger partial charge in [0, 0.05) is 18.2 Å². The van der Waals surface area contributed by atoms with Crippen LogP contribution in [0.25, 0.3) is 0 Å². The zero-order valence-corrected chi connectivity index (χ0v) is 12.4. The molecule has 3 aliphatic heterocycles. The number of piperidine rings is 3. The lowest BCUT2D eigenvalue weighted by atomic mass is 9.84. The molecule has 0 radical (unpaired) electrons. The summed E-state index contributed by atoms with van der Waals surface area (Å²) < 4.78 is 38.0. The zero-order chi connectivity index (χ0) is 15.9. The molecule has 1 amide bonds. The summed E-state index contributed by atoms with van der Waals surface area (Å²) in [7, 11) is 0. The SMILES string of the molecule is Cc1cc(C(F)(F)F)ccc1C(=O)N[C@@H]1CN2CCC1CC2. The second kappa shape index (κ2) is 5.57. The van der Waals surface area contributed by atoms with Gasteiger partial charge in [0.05, 0.1) is 5.56 Å². The Bertz CT molecular complexity index is 577. The minimum absolute atomic E-state index is 0.108. The molecule has 0 saturated carbocycles. The van der Waals surface area contributed by atoms with E-state index in [9.17, 15) is 18.0 Å². The molecule has 120 valence electrons. The number of amides is 1. The average molecular weight is 312 g/mol. The first-order valence-electron chi connectivity index (χ1n) is 7.55. The minimum Gasteiger partial charge on any atom is -0.348 e. The number of hydrogen-bond acceptors (Lipinski definition) is 2. The smallest absolute Gasteiger partial charge is 0.348 e. The van der Waals surface area contributed by atoms with Crippen molar-refractivity contribution < 1.29 is 18.0 Å². The van der Waals surface area contributed by atoms with Crippen LogP contribution in [0.1, 0.15) is 34.3 Å². The van der Waals surface area contributed by atoms with E-state index in [2.05, 4.69) is 10.2 Å². The molecule has 4 rings (SSSR count). The van der Waals surface area contributed by atoms with Gasteiger partial charge in [-0.1, -0.05) is 0 Å². The second-order valence-electron chi connectivity index (χ2n) is 6.25. The second-order valence-corrected chi connectivity index (χ2v) is 6.25. The van der Waals surface area contributed by atoms with Crippen LogP contribution >= 0.6 is 0 Å². The van der Waals surface area contributed by atoms with Gasteiger partial charge in [-0.15, -0.1) is 0 Å². The van der Waals surface area contributed by atoms with Crippen LogP contribution in [0.2, 0.25) is 0 Å². The Labute approximate surface area is 127 Å². The molecule has 3 fully saturated rings. The number of nitrogens with zero attached hydrogens (tertiary/aromatic N) is 1. The summed E-state index contributed by atoms with van der Waals surface area (Å²) in [5, 5.41) is 3.00. The van der Waals surface area contributed by atoms with Gasteiger partial charge in [-0.05, 0) is 62.5 Å². The molecule has 3 aliphatic rings. The Kier molecular flexibility index (Phi) is 3.89. The van der Waals surface area contributed by atoms with Gasteiger partial charge in [-0.3, -0.25) is 4.79 Å². The van der Waals surface area contributed by atoms with E-state index in [1.165, 1.54) is 6.07 Å². The summed E-state index contributed by atoms with van der Waals surface area (Å²) >= 11 is 0. The van der Waals surface area contributed by atoms with Crippen LogP contribution in [-0.2, 0) is 6.18 Å². The van der Waals surface area contributed by atoms with Crippen molar-refractivity contribution >= 4 is 5.91 Å². The minimum atomic E-state index is -4.38. The standard InChI is InChI=1S/C16H19F3N2O/c1-10-8-12(16(17,18)19)2-3-13(10)15(22)20-14-9-21-6-4-11(14)5-7-21/h2-3,8,11,14H,4-7,9H2,1H3,(H,20,22)/t14-/m1/s1. The number of rotatable bonds is 2. The highest BCUT2D eigenvalue weighted by atomic mass is 19.4. The van der Waals surface area contributed by atoms with Gasteiger partial charge >= 0.3 is 6.18 Å². The lowest BCUT2D eigenvalue weighted by Gasteiger charge is -2.45. The molecule has 0 spiro atoms. The molecule has 6 heteroatoms. The maximum absolute atomic E-state index is 12.7. The molecule has 0 aromatic heterocycles. The topological polar surface area (TPSA) is 32.3 Å². The molecule has 3 nitrogen and oxygen atoms in total. The Morgan fingerprint density at radius 2 is 1.95 bits per heavy atom. The maximum Gasteiger partial charge on any atom is 0.416 e. The van der Waals surface area contributed by atoms with E-state index in [0.29, 0.717) is 17.0 Å². The van der Waals surface area contributed by atoms with Gasteiger partial charge in [0.15, 0.2) is 0 Å². The van der Waals surface area contributed by atoms with E-state index in [1.54, 1.807) is 6.92 Å². The van der Waals surface area contributed by atoms with Gasteiger partial charge < -0.3 is 10.2 Å². The van der Waals surface area contributed by atoms with Gasteiger partial charge in [0.1, 0.15) is 0 Å². The van der Waals surface area contributed by atoms with Crippen molar-refractivity contribution in [2.24, 2.45) is 5.92 Å². The van der Waals surface area contributed by atoms with E-state index < -0.39 is 11.7 Å². The third kappa shape index (κ3) is 2.97. The van der Waals surface area contributed by atoms with Crippen LogP contribution in [0.15, 0.2) is 18.2 Å². The Morgan fingerprint density at radius 3 is 2.45 bits per heavy atom. The predicted molar refractivity (Wildman–Crippen MR) is 76.6 cm³/mol. The molecule has 3 heterocycles. The monoisotopic (exact) mass is 312 g/mol. The summed E-state index contributed by atoms with van der Waals surface area (Å²) in [6, 6.07) is 3.38. The van der Waals surface area contributed by atoms with E-state index in [-0.39, 0.29) is 11.9 Å². The molecule has 0 aliphatic carbocycles. The summed E-state index contributed by atoms with van der Waals surface area (Å²) in [6.07, 6.45) is -2.22. The molecule has 3 saturated heterocycles. The molecule has 22 heavy (non-hydrogen) atoms. The number of nitrogens with one attached hydrogen (secondary N) is 1. The third-order valence-corrected chi connectivity index (χ3v) is 4.77. The Hall–Kier alpha value is -1.56. The van der Waals surface area contributed by atoms with Gasteiger partial charge in [0.25, 0.3) is 5.91 Å². The van der Waals surface area contributed by atoms with E-state index in [1.807, 2.05) is 0 Å². The first kappa shape index (κ1) is 15.3. The number of benzene rings is 1. The molecule has 1 N–H and O–H groups in total. The normalized spacial score (nSPS) is 27.7. The quantitative estimate of drug-likeness (QED) is 0.911. The first-order valence-corrected chi connectivity index (χ1v) is 7.55. The first-order chi connectivity index (χ1) is 10.3. The highest BCUT2D eigenvalue weighted by molar-refractivity contribution is 5.95. The van der Waals surface area contributed by atoms with Crippen LogP contribution in [0.3, 0.4) is 0 Å². The van der Waals surface area contributed by atoms with Gasteiger partial charge in [-0.2, -0.15) is 13.2 Å². The summed E-state index contributed by atoms with van der Waals surface area (Å²) in [5.41, 5.74) is -0.0394. The summed E-state index contributed by atoms with van der Waals surface area (Å²) in [4.78, 5) is 14.7. The van der Waals surface area contributed by atoms with Gasteiger partial charge in [0.2, 0.25) is 0 Å². The number of fused-ring (bicyclic) bond motifs is 3. The van der Waals surface area contributed by atoms with Crippen LogP contribution in [0.4, 0.5) is 13.2 Å². The zero-order valence-electron chi connectivity index (χ0n) is 12.4. The molecule has 0 unspecified atom stereocenters. The van der Waals surface area contributed by atoms with E-state index >= 15 is 0 Å². The number of hydrogen-bond donors (Lipinski definition) is 1. The van der Waals surface area contributed by atoms with Crippen molar-refractivity contribution in [2.75, 3.05) is 19.6 Å². The van der Waals surface area contributed by atoms with Crippen LogP contribution in [0, 0.1) is 12.8 Å². The number of carbonyl (C=O) groups excluding carboxylic acids is 1. The fourth-order valence-corrected chi connectivity index (χ4v) is 3.47. The van der Waals surface area contributed by atoms with Crippen molar-refractivity contribution in [2.45, 2.75) is 32.0 Å². The Balaban J connectivity index is 1.73. The fourth-order valence-electron chi connectivity index (χ4n) is 3.47. The van der Waals surface area contributed by atoms with Crippen LogP contribution < -0.4 is 5.32 Å². The molecule has 1 aromatic carbocycles.